The van der Waals surface area contributed by atoms with Crippen LogP contribution in [0.15, 0.2) is 54.7 Å². The number of rotatable bonds is 11. The summed E-state index contributed by atoms with van der Waals surface area (Å²) in [4.78, 5) is 33.2. The van der Waals surface area contributed by atoms with Crippen LogP contribution in [0.1, 0.15) is 12.2 Å². The monoisotopic (exact) mass is 488 g/mol. The van der Waals surface area contributed by atoms with E-state index in [-0.39, 0.29) is 18.4 Å². The quantitative estimate of drug-likeness (QED) is 0.275. The Bertz CT molecular complexity index is 1320. The number of hydrogen-bond donors (Lipinski definition) is 3. The molecule has 10 nitrogen and oxygen atoms in total. The van der Waals surface area contributed by atoms with Gasteiger partial charge in [-0.1, -0.05) is 12.1 Å². The number of nitrogens with two attached hydrogens (primary N) is 1. The van der Waals surface area contributed by atoms with Crippen LogP contribution in [0, 0.1) is 0 Å². The molecule has 0 bridgehead atoms. The number of aromatic amines is 1. The van der Waals surface area contributed by atoms with E-state index >= 15 is 0 Å². The average Bonchev–Trinajstić information content (AvgIpc) is 3.28. The first-order valence-electron chi connectivity index (χ1n) is 11.8. The van der Waals surface area contributed by atoms with Gasteiger partial charge in [0.1, 0.15) is 11.6 Å². The van der Waals surface area contributed by atoms with E-state index in [1.165, 1.54) is 0 Å². The molecule has 0 saturated carbocycles. The summed E-state index contributed by atoms with van der Waals surface area (Å²) in [7, 11) is 5.67. The number of methoxy groups -OCH3 is 1. The fraction of sp³-hybridized carbons (Fsp3) is 0.308. The molecule has 2 aromatic heterocycles. The highest BCUT2D eigenvalue weighted by atomic mass is 16.5. The summed E-state index contributed by atoms with van der Waals surface area (Å²) in [5.74, 6) is 1.65. The van der Waals surface area contributed by atoms with Gasteiger partial charge in [0.05, 0.1) is 36.9 Å². The van der Waals surface area contributed by atoms with E-state index < -0.39 is 0 Å². The maximum atomic E-state index is 12.8. The first-order valence-corrected chi connectivity index (χ1v) is 11.8. The summed E-state index contributed by atoms with van der Waals surface area (Å²) >= 11 is 0. The fourth-order valence-electron chi connectivity index (χ4n) is 3.91. The van der Waals surface area contributed by atoms with Gasteiger partial charge in [-0.15, -0.1) is 0 Å². The summed E-state index contributed by atoms with van der Waals surface area (Å²) < 4.78 is 5.40. The molecular weight excluding hydrogens is 456 g/mol. The van der Waals surface area contributed by atoms with E-state index in [0.717, 1.165) is 52.5 Å². The second-order valence-corrected chi connectivity index (χ2v) is 8.78. The SMILES string of the molecule is COc1cccc(N(CC(=O)NCCCN(C)C)Cc2nc3ccc(-c4ccnc(N)n4)cc3[nH]2)c1. The normalized spacial score (nSPS) is 11.1. The second-order valence-electron chi connectivity index (χ2n) is 8.78. The largest absolute Gasteiger partial charge is 0.497 e. The minimum absolute atomic E-state index is 0.0451. The van der Waals surface area contributed by atoms with E-state index in [4.69, 9.17) is 15.5 Å². The second kappa shape index (κ2) is 11.5. The highest BCUT2D eigenvalue weighted by molar-refractivity contribution is 5.82. The Kier molecular flexibility index (Phi) is 7.96. The van der Waals surface area contributed by atoms with Crippen molar-refractivity contribution in [3.05, 3.63) is 60.6 Å². The molecule has 4 N–H and O–H groups in total. The van der Waals surface area contributed by atoms with Gasteiger partial charge in [-0.3, -0.25) is 4.79 Å². The molecule has 10 heteroatoms. The van der Waals surface area contributed by atoms with Crippen molar-refractivity contribution >= 4 is 28.6 Å². The van der Waals surface area contributed by atoms with Gasteiger partial charge in [0, 0.05) is 30.1 Å². The Morgan fingerprint density at radius 2 is 2.00 bits per heavy atom. The first-order chi connectivity index (χ1) is 17.4. The van der Waals surface area contributed by atoms with Crippen LogP contribution in [-0.2, 0) is 11.3 Å². The molecule has 36 heavy (non-hydrogen) atoms. The predicted molar refractivity (Wildman–Crippen MR) is 142 cm³/mol. The fourth-order valence-corrected chi connectivity index (χ4v) is 3.91. The molecule has 0 aliphatic carbocycles. The number of nitrogens with one attached hydrogen (secondary N) is 2. The topological polar surface area (TPSA) is 125 Å². The average molecular weight is 489 g/mol. The van der Waals surface area contributed by atoms with Crippen molar-refractivity contribution in [2.75, 3.05) is 51.5 Å². The molecule has 0 unspecified atom stereocenters. The predicted octanol–water partition coefficient (Wildman–Crippen LogP) is 2.69. The Hall–Kier alpha value is -4.18. The maximum absolute atomic E-state index is 12.8. The molecule has 0 aliphatic rings. The van der Waals surface area contributed by atoms with Crippen LogP contribution in [0.2, 0.25) is 0 Å². The molecule has 0 aliphatic heterocycles. The number of carbonyl (C=O) groups is 1. The van der Waals surface area contributed by atoms with E-state index in [9.17, 15) is 4.79 Å². The van der Waals surface area contributed by atoms with Crippen molar-refractivity contribution in [1.82, 2.24) is 30.2 Å². The van der Waals surface area contributed by atoms with Crippen LogP contribution in [0.4, 0.5) is 11.6 Å². The zero-order chi connectivity index (χ0) is 25.5. The molecule has 0 radical (unpaired) electrons. The van der Waals surface area contributed by atoms with Crippen molar-refractivity contribution in [3.8, 4) is 17.0 Å². The minimum Gasteiger partial charge on any atom is -0.497 e. The number of benzene rings is 2. The zero-order valence-electron chi connectivity index (χ0n) is 20.9. The number of H-pyrrole nitrogens is 1. The van der Waals surface area contributed by atoms with Crippen LogP contribution in [0.25, 0.3) is 22.3 Å². The Morgan fingerprint density at radius 1 is 1.14 bits per heavy atom. The van der Waals surface area contributed by atoms with Gasteiger partial charge in [0.15, 0.2) is 0 Å². The van der Waals surface area contributed by atoms with E-state index in [1.807, 2.05) is 67.5 Å². The number of imidazole rings is 1. The number of nitrogens with zero attached hydrogens (tertiary/aromatic N) is 5. The molecule has 2 heterocycles. The summed E-state index contributed by atoms with van der Waals surface area (Å²) in [5, 5.41) is 3.02. The lowest BCUT2D eigenvalue weighted by Crippen LogP contribution is -2.38. The molecule has 2 aromatic carbocycles. The number of carbonyl (C=O) groups excluding carboxylic acids is 1. The van der Waals surface area contributed by atoms with Crippen LogP contribution in [-0.4, -0.2) is 71.6 Å². The van der Waals surface area contributed by atoms with Crippen LogP contribution < -0.4 is 20.7 Å². The third-order valence-corrected chi connectivity index (χ3v) is 5.70. The maximum Gasteiger partial charge on any atom is 0.239 e. The number of hydrogen-bond acceptors (Lipinski definition) is 8. The van der Waals surface area contributed by atoms with Gasteiger partial charge in [-0.25, -0.2) is 15.0 Å². The Morgan fingerprint density at radius 3 is 2.78 bits per heavy atom. The van der Waals surface area contributed by atoms with Crippen LogP contribution >= 0.6 is 0 Å². The number of nitrogen functional groups attached to an aromatic ring is 1. The van der Waals surface area contributed by atoms with Crippen LogP contribution in [0.3, 0.4) is 0 Å². The molecule has 0 spiro atoms. The van der Waals surface area contributed by atoms with E-state index in [1.54, 1.807) is 13.3 Å². The minimum atomic E-state index is -0.0451. The van der Waals surface area contributed by atoms with Gasteiger partial charge < -0.3 is 30.6 Å². The summed E-state index contributed by atoms with van der Waals surface area (Å²) in [6.45, 7) is 2.16. The zero-order valence-corrected chi connectivity index (χ0v) is 20.9. The third-order valence-electron chi connectivity index (χ3n) is 5.70. The lowest BCUT2D eigenvalue weighted by atomic mass is 10.1. The highest BCUT2D eigenvalue weighted by Crippen LogP contribution is 2.25. The summed E-state index contributed by atoms with van der Waals surface area (Å²) in [5.41, 5.74) is 9.97. The summed E-state index contributed by atoms with van der Waals surface area (Å²) in [6, 6.07) is 15.4. The number of fused-ring (bicyclic) bond motifs is 1. The van der Waals surface area contributed by atoms with E-state index in [0.29, 0.717) is 13.1 Å². The number of amides is 1. The van der Waals surface area contributed by atoms with Gasteiger partial charge in [-0.2, -0.15) is 0 Å². The number of ether oxygens (including phenoxy) is 1. The lowest BCUT2D eigenvalue weighted by molar-refractivity contribution is -0.119. The van der Waals surface area contributed by atoms with E-state index in [2.05, 4.69) is 25.2 Å². The van der Waals surface area contributed by atoms with Crippen LogP contribution in [0.5, 0.6) is 5.75 Å². The molecule has 188 valence electrons. The smallest absolute Gasteiger partial charge is 0.239 e. The Balaban J connectivity index is 1.54. The standard InChI is InChI=1S/C26H32N8O2/c1-33(2)13-5-11-28-25(35)17-34(19-6-4-7-20(15-19)36-3)16-24-30-22-9-8-18(14-23(22)31-24)21-10-12-29-26(27)32-21/h4,6-10,12,14-15H,5,11,13,16-17H2,1-3H3,(H,28,35)(H,30,31)(H2,27,29,32). The van der Waals surface area contributed by atoms with Crippen molar-refractivity contribution in [1.29, 1.82) is 0 Å². The first kappa shape index (κ1) is 24.9. The van der Waals surface area contributed by atoms with Gasteiger partial charge in [0.25, 0.3) is 0 Å². The number of aromatic nitrogens is 4. The van der Waals surface area contributed by atoms with Gasteiger partial charge in [0.2, 0.25) is 11.9 Å². The van der Waals surface area contributed by atoms with Crippen molar-refractivity contribution in [3.63, 3.8) is 0 Å². The van der Waals surface area contributed by atoms with Crippen molar-refractivity contribution in [2.24, 2.45) is 0 Å². The molecule has 0 saturated heterocycles. The Labute approximate surface area is 210 Å². The van der Waals surface area contributed by atoms with Gasteiger partial charge >= 0.3 is 0 Å². The van der Waals surface area contributed by atoms with Crippen molar-refractivity contribution < 1.29 is 9.53 Å². The third kappa shape index (κ3) is 6.48. The molecular formula is C26H32N8O2. The highest BCUT2D eigenvalue weighted by Gasteiger charge is 2.16. The molecule has 4 aromatic rings. The summed E-state index contributed by atoms with van der Waals surface area (Å²) in [6.07, 6.45) is 2.53. The number of anilines is 2. The van der Waals surface area contributed by atoms with Crippen molar-refractivity contribution in [2.45, 2.75) is 13.0 Å². The lowest BCUT2D eigenvalue weighted by Gasteiger charge is -2.24. The molecule has 0 fully saturated rings. The molecule has 1 amide bonds. The van der Waals surface area contributed by atoms with Gasteiger partial charge in [-0.05, 0) is 57.4 Å². The molecule has 0 atom stereocenters. The molecule has 4 rings (SSSR count).